The largest absolute Gasteiger partial charge is 0.497 e. The quantitative estimate of drug-likeness (QED) is 0.527. The molecule has 2 aromatic rings. The summed E-state index contributed by atoms with van der Waals surface area (Å²) in [7, 11) is 1.64. The molecule has 0 bridgehead atoms. The molecule has 0 aliphatic carbocycles. The number of amides is 1. The van der Waals surface area contributed by atoms with E-state index in [2.05, 4.69) is 6.58 Å². The van der Waals surface area contributed by atoms with Crippen molar-refractivity contribution in [1.82, 2.24) is 4.90 Å². The van der Waals surface area contributed by atoms with Crippen molar-refractivity contribution in [3.05, 3.63) is 78.4 Å². The van der Waals surface area contributed by atoms with Crippen LogP contribution < -0.4 is 4.74 Å². The van der Waals surface area contributed by atoms with Crippen molar-refractivity contribution in [2.24, 2.45) is 0 Å². The van der Waals surface area contributed by atoms with Crippen LogP contribution in [0.4, 0.5) is 4.79 Å². The number of benzene rings is 2. The first-order chi connectivity index (χ1) is 13.3. The third-order valence-electron chi connectivity index (χ3n) is 4.53. The van der Waals surface area contributed by atoms with Gasteiger partial charge in [-0.2, -0.15) is 0 Å². The predicted molar refractivity (Wildman–Crippen MR) is 113 cm³/mol. The van der Waals surface area contributed by atoms with Gasteiger partial charge in [-0.25, -0.2) is 4.79 Å². The van der Waals surface area contributed by atoms with Crippen molar-refractivity contribution in [3.63, 3.8) is 0 Å². The van der Waals surface area contributed by atoms with Crippen LogP contribution in [-0.2, 0) is 4.74 Å². The van der Waals surface area contributed by atoms with E-state index in [1.807, 2.05) is 93.3 Å². The van der Waals surface area contributed by atoms with Gasteiger partial charge < -0.3 is 9.47 Å². The van der Waals surface area contributed by atoms with E-state index >= 15 is 0 Å². The SMILES string of the molecule is C=CC[C@@H](c1ccccc1)N(C(=O)OC(C)(C)C)[C@@H](C)c1ccc(OC)cc1. The fraction of sp³-hybridized carbons (Fsp3) is 0.375. The van der Waals surface area contributed by atoms with Gasteiger partial charge in [-0.15, -0.1) is 6.58 Å². The highest BCUT2D eigenvalue weighted by molar-refractivity contribution is 5.69. The normalized spacial score (nSPS) is 13.3. The van der Waals surface area contributed by atoms with E-state index in [4.69, 9.17) is 9.47 Å². The lowest BCUT2D eigenvalue weighted by molar-refractivity contribution is 0.00608. The lowest BCUT2D eigenvalue weighted by atomic mass is 9.98. The number of methoxy groups -OCH3 is 1. The molecule has 1 amide bonds. The first-order valence-electron chi connectivity index (χ1n) is 9.58. The number of rotatable bonds is 7. The third-order valence-corrected chi connectivity index (χ3v) is 4.53. The van der Waals surface area contributed by atoms with Crippen molar-refractivity contribution in [2.75, 3.05) is 7.11 Å². The summed E-state index contributed by atoms with van der Waals surface area (Å²) in [5.74, 6) is 0.783. The first-order valence-corrected chi connectivity index (χ1v) is 9.58. The fourth-order valence-corrected chi connectivity index (χ4v) is 3.16. The molecule has 150 valence electrons. The zero-order valence-corrected chi connectivity index (χ0v) is 17.5. The topological polar surface area (TPSA) is 38.8 Å². The van der Waals surface area contributed by atoms with Crippen LogP contribution in [0.5, 0.6) is 5.75 Å². The molecule has 2 rings (SSSR count). The Hall–Kier alpha value is -2.75. The molecule has 0 radical (unpaired) electrons. The van der Waals surface area contributed by atoms with Crippen molar-refractivity contribution >= 4 is 6.09 Å². The minimum atomic E-state index is -0.579. The van der Waals surface area contributed by atoms with Gasteiger partial charge in [0.1, 0.15) is 11.4 Å². The van der Waals surface area contributed by atoms with Crippen molar-refractivity contribution in [3.8, 4) is 5.75 Å². The molecule has 0 saturated heterocycles. The fourth-order valence-electron chi connectivity index (χ4n) is 3.16. The minimum absolute atomic E-state index is 0.175. The molecule has 28 heavy (non-hydrogen) atoms. The molecular weight excluding hydrogens is 350 g/mol. The van der Waals surface area contributed by atoms with Gasteiger partial charge in [0, 0.05) is 0 Å². The Labute approximate surface area is 168 Å². The molecular formula is C24H31NO3. The summed E-state index contributed by atoms with van der Waals surface area (Å²) in [6.07, 6.45) is 2.13. The summed E-state index contributed by atoms with van der Waals surface area (Å²) < 4.78 is 11.0. The zero-order chi connectivity index (χ0) is 20.7. The van der Waals surface area contributed by atoms with Gasteiger partial charge in [0.15, 0.2) is 0 Å². The van der Waals surface area contributed by atoms with E-state index in [1.54, 1.807) is 7.11 Å². The molecule has 0 N–H and O–H groups in total. The van der Waals surface area contributed by atoms with Gasteiger partial charge in [0.2, 0.25) is 0 Å². The van der Waals surface area contributed by atoms with Gasteiger partial charge in [-0.05, 0) is 57.4 Å². The van der Waals surface area contributed by atoms with E-state index in [-0.39, 0.29) is 18.2 Å². The molecule has 0 spiro atoms. The summed E-state index contributed by atoms with van der Waals surface area (Å²) in [5.41, 5.74) is 1.48. The lowest BCUT2D eigenvalue weighted by Crippen LogP contribution is -2.40. The molecule has 0 unspecified atom stereocenters. The van der Waals surface area contributed by atoms with E-state index < -0.39 is 5.60 Å². The number of hydrogen-bond donors (Lipinski definition) is 0. The molecule has 2 atom stereocenters. The predicted octanol–water partition coefficient (Wildman–Crippen LogP) is 6.31. The number of hydrogen-bond acceptors (Lipinski definition) is 3. The summed E-state index contributed by atoms with van der Waals surface area (Å²) in [4.78, 5) is 15.0. The van der Waals surface area contributed by atoms with Crippen LogP contribution in [0, 0.1) is 0 Å². The Bertz CT molecular complexity index is 763. The smallest absolute Gasteiger partial charge is 0.411 e. The van der Waals surface area contributed by atoms with Crippen LogP contribution in [0.2, 0.25) is 0 Å². The molecule has 0 aliphatic rings. The highest BCUT2D eigenvalue weighted by atomic mass is 16.6. The second-order valence-corrected chi connectivity index (χ2v) is 7.79. The Morgan fingerprint density at radius 3 is 2.18 bits per heavy atom. The lowest BCUT2D eigenvalue weighted by Gasteiger charge is -2.38. The molecule has 0 heterocycles. The first kappa shape index (κ1) is 21.5. The average molecular weight is 382 g/mol. The molecule has 4 heteroatoms. The number of ether oxygens (including phenoxy) is 2. The Balaban J connectivity index is 2.46. The van der Waals surface area contributed by atoms with Gasteiger partial charge in [0.25, 0.3) is 0 Å². The van der Waals surface area contributed by atoms with Gasteiger partial charge in [-0.3, -0.25) is 4.90 Å². The van der Waals surface area contributed by atoms with Crippen molar-refractivity contribution in [1.29, 1.82) is 0 Å². The molecule has 0 fully saturated rings. The van der Waals surface area contributed by atoms with Crippen molar-refractivity contribution < 1.29 is 14.3 Å². The second kappa shape index (κ2) is 9.45. The van der Waals surface area contributed by atoms with Crippen LogP contribution in [0.1, 0.15) is 57.3 Å². The molecule has 0 saturated carbocycles. The highest BCUT2D eigenvalue weighted by Crippen LogP contribution is 2.35. The number of nitrogens with zero attached hydrogens (tertiary/aromatic N) is 1. The third kappa shape index (κ3) is 5.62. The molecule has 2 aromatic carbocycles. The Morgan fingerprint density at radius 2 is 1.68 bits per heavy atom. The maximum Gasteiger partial charge on any atom is 0.411 e. The molecule has 4 nitrogen and oxygen atoms in total. The summed E-state index contributed by atoms with van der Waals surface area (Å²) in [5, 5.41) is 0. The summed E-state index contributed by atoms with van der Waals surface area (Å²) >= 11 is 0. The zero-order valence-electron chi connectivity index (χ0n) is 17.5. The van der Waals surface area contributed by atoms with Crippen LogP contribution in [0.3, 0.4) is 0 Å². The minimum Gasteiger partial charge on any atom is -0.497 e. The van der Waals surface area contributed by atoms with Crippen LogP contribution in [0.15, 0.2) is 67.3 Å². The van der Waals surface area contributed by atoms with E-state index in [1.165, 1.54) is 0 Å². The second-order valence-electron chi connectivity index (χ2n) is 7.79. The maximum atomic E-state index is 13.2. The van der Waals surface area contributed by atoms with E-state index in [0.717, 1.165) is 16.9 Å². The number of carbonyl (C=O) groups excluding carboxylic acids is 1. The molecule has 0 aliphatic heterocycles. The summed E-state index contributed by atoms with van der Waals surface area (Å²) in [6, 6.07) is 17.4. The van der Waals surface area contributed by atoms with Gasteiger partial charge in [0.05, 0.1) is 19.2 Å². The maximum absolute atomic E-state index is 13.2. The van der Waals surface area contributed by atoms with Crippen LogP contribution in [-0.4, -0.2) is 23.7 Å². The van der Waals surface area contributed by atoms with Crippen LogP contribution in [0.25, 0.3) is 0 Å². The average Bonchev–Trinajstić information content (AvgIpc) is 2.67. The van der Waals surface area contributed by atoms with E-state index in [0.29, 0.717) is 6.42 Å². The van der Waals surface area contributed by atoms with Gasteiger partial charge in [-0.1, -0.05) is 48.5 Å². The summed E-state index contributed by atoms with van der Waals surface area (Å²) in [6.45, 7) is 11.6. The Kier molecular flexibility index (Phi) is 7.27. The Morgan fingerprint density at radius 1 is 1.07 bits per heavy atom. The van der Waals surface area contributed by atoms with Crippen LogP contribution >= 0.6 is 0 Å². The standard InChI is InChI=1S/C24H31NO3/c1-7-11-22(20-12-9-8-10-13-20)25(23(26)28-24(3,4)5)18(2)19-14-16-21(27-6)17-15-19/h7-10,12-18,22H,1,11H2,2-6H3/t18-,22-/m0/s1. The monoisotopic (exact) mass is 381 g/mol. The van der Waals surface area contributed by atoms with Gasteiger partial charge >= 0.3 is 6.09 Å². The van der Waals surface area contributed by atoms with Crippen molar-refractivity contribution in [2.45, 2.75) is 51.8 Å². The highest BCUT2D eigenvalue weighted by Gasteiger charge is 2.33. The van der Waals surface area contributed by atoms with E-state index in [9.17, 15) is 4.79 Å². The number of carbonyl (C=O) groups is 1. The molecule has 0 aromatic heterocycles.